The van der Waals surface area contributed by atoms with Gasteiger partial charge in [-0.05, 0) is 42.2 Å². The Morgan fingerprint density at radius 1 is 1.18 bits per heavy atom. The highest BCUT2D eigenvalue weighted by Gasteiger charge is 2.42. The van der Waals surface area contributed by atoms with E-state index in [2.05, 4.69) is 10.6 Å². The molecule has 12 heteroatoms. The highest BCUT2D eigenvalue weighted by Crippen LogP contribution is 2.39. The summed E-state index contributed by atoms with van der Waals surface area (Å²) < 4.78 is 42.0. The van der Waals surface area contributed by atoms with Crippen LogP contribution in [0.5, 0.6) is 0 Å². The van der Waals surface area contributed by atoms with Gasteiger partial charge in [-0.2, -0.15) is 13.2 Å². The number of nitrogens with one attached hydrogen (secondary N) is 2. The number of anilines is 1. The van der Waals surface area contributed by atoms with E-state index in [1.54, 1.807) is 29.2 Å². The third kappa shape index (κ3) is 5.43. The normalized spacial score (nSPS) is 18.6. The standard InChI is InChI=1S/C26H27Cl3F3N5O/c1-36-22-9-21(37-6-2-3-16(13-37)26(30,31)32)19(28)8-20(22)35-23(36)7-17-18(27)5-4-14(24(17)29)12-34-25(38)15-10-33-11-15/h4-5,8-9,15-16,33H,2-3,6-7,10-13H2,1H3,(H,34,38). The van der Waals surface area contributed by atoms with E-state index in [-0.39, 0.29) is 31.3 Å². The van der Waals surface area contributed by atoms with Gasteiger partial charge in [-0.25, -0.2) is 4.98 Å². The Balaban J connectivity index is 1.40. The molecule has 0 radical (unpaired) electrons. The van der Waals surface area contributed by atoms with Crippen LogP contribution >= 0.6 is 34.8 Å². The lowest BCUT2D eigenvalue weighted by molar-refractivity contribution is -0.176. The van der Waals surface area contributed by atoms with E-state index >= 15 is 0 Å². The molecule has 1 unspecified atom stereocenters. The van der Waals surface area contributed by atoms with Crippen LogP contribution in [0.25, 0.3) is 11.0 Å². The van der Waals surface area contributed by atoms with Crippen molar-refractivity contribution < 1.29 is 18.0 Å². The number of halogens is 6. The number of nitrogens with zero attached hydrogens (tertiary/aromatic N) is 3. The lowest BCUT2D eigenvalue weighted by Crippen LogP contribution is -2.50. The molecular formula is C26H27Cl3F3N5O. The zero-order chi connectivity index (χ0) is 27.2. The molecule has 38 heavy (non-hydrogen) atoms. The highest BCUT2D eigenvalue weighted by molar-refractivity contribution is 6.36. The van der Waals surface area contributed by atoms with Crippen molar-refractivity contribution in [2.24, 2.45) is 18.9 Å². The first-order valence-corrected chi connectivity index (χ1v) is 13.6. The van der Waals surface area contributed by atoms with E-state index in [1.807, 2.05) is 11.6 Å². The van der Waals surface area contributed by atoms with Crippen LogP contribution in [-0.2, 0) is 24.8 Å². The van der Waals surface area contributed by atoms with Crippen LogP contribution in [0.4, 0.5) is 18.9 Å². The zero-order valence-corrected chi connectivity index (χ0v) is 22.9. The largest absolute Gasteiger partial charge is 0.393 e. The number of alkyl halides is 3. The molecule has 2 aromatic carbocycles. The molecule has 0 bridgehead atoms. The van der Waals surface area contributed by atoms with Gasteiger partial charge >= 0.3 is 6.18 Å². The molecule has 2 fully saturated rings. The van der Waals surface area contributed by atoms with Gasteiger partial charge in [-0.3, -0.25) is 4.79 Å². The maximum absolute atomic E-state index is 13.4. The van der Waals surface area contributed by atoms with E-state index in [4.69, 9.17) is 39.8 Å². The lowest BCUT2D eigenvalue weighted by Gasteiger charge is -2.35. The van der Waals surface area contributed by atoms with Crippen LogP contribution in [0.2, 0.25) is 15.1 Å². The summed E-state index contributed by atoms with van der Waals surface area (Å²) in [7, 11) is 1.84. The number of benzene rings is 2. The Morgan fingerprint density at radius 2 is 1.95 bits per heavy atom. The molecule has 3 heterocycles. The van der Waals surface area contributed by atoms with Crippen LogP contribution in [0, 0.1) is 11.8 Å². The summed E-state index contributed by atoms with van der Waals surface area (Å²) in [4.78, 5) is 18.7. The lowest BCUT2D eigenvalue weighted by atomic mass is 9.97. The number of imidazole rings is 1. The minimum absolute atomic E-state index is 0.0189. The highest BCUT2D eigenvalue weighted by atomic mass is 35.5. The summed E-state index contributed by atoms with van der Waals surface area (Å²) in [6.07, 6.45) is -3.35. The second-order valence-electron chi connectivity index (χ2n) is 9.95. The van der Waals surface area contributed by atoms with Crippen LogP contribution in [0.3, 0.4) is 0 Å². The van der Waals surface area contributed by atoms with E-state index in [0.717, 1.165) is 11.1 Å². The molecule has 2 aliphatic heterocycles. The first-order chi connectivity index (χ1) is 18.0. The van der Waals surface area contributed by atoms with Crippen molar-refractivity contribution in [2.75, 3.05) is 31.1 Å². The van der Waals surface area contributed by atoms with Crippen molar-refractivity contribution in [3.05, 3.63) is 56.3 Å². The smallest absolute Gasteiger partial charge is 0.370 e. The van der Waals surface area contributed by atoms with Gasteiger partial charge in [-0.15, -0.1) is 0 Å². The van der Waals surface area contributed by atoms with Gasteiger partial charge in [-0.1, -0.05) is 40.9 Å². The van der Waals surface area contributed by atoms with Crippen LogP contribution in [0.1, 0.15) is 29.8 Å². The van der Waals surface area contributed by atoms with Gasteiger partial charge in [0.25, 0.3) is 0 Å². The number of aromatic nitrogens is 2. The predicted molar refractivity (Wildman–Crippen MR) is 144 cm³/mol. The number of fused-ring (bicyclic) bond motifs is 1. The Kier molecular flexibility index (Phi) is 7.75. The van der Waals surface area contributed by atoms with Crippen LogP contribution in [-0.4, -0.2) is 47.8 Å². The number of piperidine rings is 1. The molecule has 0 spiro atoms. The minimum Gasteiger partial charge on any atom is -0.370 e. The van der Waals surface area contributed by atoms with Gasteiger partial charge in [0.1, 0.15) is 5.82 Å². The minimum atomic E-state index is -4.24. The number of rotatable bonds is 6. The summed E-state index contributed by atoms with van der Waals surface area (Å²) in [5.74, 6) is -0.751. The monoisotopic (exact) mass is 587 g/mol. The van der Waals surface area contributed by atoms with Gasteiger partial charge in [0, 0.05) is 51.2 Å². The van der Waals surface area contributed by atoms with E-state index in [9.17, 15) is 18.0 Å². The van der Waals surface area contributed by atoms with Gasteiger partial charge in [0.05, 0.1) is 38.6 Å². The van der Waals surface area contributed by atoms with Crippen molar-refractivity contribution >= 4 is 57.4 Å². The Bertz CT molecular complexity index is 1370. The van der Waals surface area contributed by atoms with Gasteiger partial charge in [0.15, 0.2) is 0 Å². The topological polar surface area (TPSA) is 62.2 Å². The molecule has 2 aliphatic rings. The molecule has 2 saturated heterocycles. The summed E-state index contributed by atoms with van der Waals surface area (Å²) in [6, 6.07) is 7.04. The van der Waals surface area contributed by atoms with Crippen molar-refractivity contribution in [2.45, 2.75) is 32.0 Å². The van der Waals surface area contributed by atoms with Crippen LogP contribution in [0.15, 0.2) is 24.3 Å². The van der Waals surface area contributed by atoms with Crippen molar-refractivity contribution in [3.8, 4) is 0 Å². The predicted octanol–water partition coefficient (Wildman–Crippen LogP) is 5.74. The first kappa shape index (κ1) is 27.4. The second kappa shape index (κ2) is 10.8. The molecular weight excluding hydrogens is 562 g/mol. The molecule has 0 saturated carbocycles. The number of hydrogen-bond acceptors (Lipinski definition) is 4. The second-order valence-corrected chi connectivity index (χ2v) is 11.1. The van der Waals surface area contributed by atoms with E-state index in [1.165, 1.54) is 0 Å². The molecule has 2 N–H and O–H groups in total. The SMILES string of the molecule is Cn1c(Cc2c(Cl)ccc(CNC(=O)C3CNC3)c2Cl)nc2cc(Cl)c(N3CCCC(C(F)(F)F)C3)cc21. The van der Waals surface area contributed by atoms with E-state index < -0.39 is 12.1 Å². The average molecular weight is 589 g/mol. The quantitative estimate of drug-likeness (QED) is 0.386. The van der Waals surface area contributed by atoms with Crippen molar-refractivity contribution in [1.82, 2.24) is 20.2 Å². The number of amides is 1. The molecule has 1 amide bonds. The Hall–Kier alpha value is -2.20. The number of hydrogen-bond donors (Lipinski definition) is 2. The third-order valence-electron chi connectivity index (χ3n) is 7.47. The summed E-state index contributed by atoms with van der Waals surface area (Å²) in [5, 5.41) is 7.30. The fraction of sp³-hybridized carbons (Fsp3) is 0.462. The van der Waals surface area contributed by atoms with Crippen molar-refractivity contribution in [1.29, 1.82) is 0 Å². The summed E-state index contributed by atoms with van der Waals surface area (Å²) in [5.41, 5.74) is 3.38. The molecule has 1 atom stereocenters. The molecule has 0 aliphatic carbocycles. The fourth-order valence-corrected chi connectivity index (χ4v) is 5.87. The van der Waals surface area contributed by atoms with Gasteiger partial charge < -0.3 is 20.1 Å². The third-order valence-corrected chi connectivity index (χ3v) is 8.60. The Labute approximate surface area is 233 Å². The molecule has 1 aromatic heterocycles. The van der Waals surface area contributed by atoms with Crippen molar-refractivity contribution in [3.63, 3.8) is 0 Å². The maximum Gasteiger partial charge on any atom is 0.393 e. The number of aryl methyl sites for hydroxylation is 1. The Morgan fingerprint density at radius 3 is 2.63 bits per heavy atom. The number of carbonyl (C=O) groups excluding carboxylic acids is 1. The molecule has 6 nitrogen and oxygen atoms in total. The molecule has 3 aromatic rings. The zero-order valence-electron chi connectivity index (χ0n) is 20.6. The van der Waals surface area contributed by atoms with Crippen LogP contribution < -0.4 is 15.5 Å². The summed E-state index contributed by atoms with van der Waals surface area (Å²) >= 11 is 19.8. The average Bonchev–Trinajstić information content (AvgIpc) is 3.13. The van der Waals surface area contributed by atoms with Gasteiger partial charge in [0.2, 0.25) is 5.91 Å². The fourth-order valence-electron chi connectivity index (χ4n) is 5.02. The molecule has 204 valence electrons. The maximum atomic E-state index is 13.4. The summed E-state index contributed by atoms with van der Waals surface area (Å²) in [6.45, 7) is 2.02. The van der Waals surface area contributed by atoms with E-state index in [0.29, 0.717) is 70.1 Å². The number of carbonyl (C=O) groups is 1. The first-order valence-electron chi connectivity index (χ1n) is 12.4. The molecule has 5 rings (SSSR count).